The molecule has 2 rings (SSSR count). The van der Waals surface area contributed by atoms with Gasteiger partial charge in [0.2, 0.25) is 5.88 Å². The van der Waals surface area contributed by atoms with Gasteiger partial charge in [-0.2, -0.15) is 0 Å². The fourth-order valence-electron chi connectivity index (χ4n) is 1.37. The highest BCUT2D eigenvalue weighted by Crippen LogP contribution is 2.28. The number of hydrogen-bond donors (Lipinski definition) is 0. The number of hydrogen-bond acceptors (Lipinski definition) is 4. The second-order valence-electron chi connectivity index (χ2n) is 3.75. The summed E-state index contributed by atoms with van der Waals surface area (Å²) >= 11 is 3.29. The number of rotatable bonds is 3. The fraction of sp³-hybridized carbons (Fsp3) is 0.0833. The van der Waals surface area contributed by atoms with E-state index in [9.17, 15) is 14.5 Å². The molecule has 0 bridgehead atoms. The fourth-order valence-corrected chi connectivity index (χ4v) is 1.58. The molecule has 7 heteroatoms. The zero-order valence-corrected chi connectivity index (χ0v) is 11.3. The summed E-state index contributed by atoms with van der Waals surface area (Å²) in [5.41, 5.74) is 0.553. The minimum atomic E-state index is -0.809. The second-order valence-corrected chi connectivity index (χ2v) is 4.60. The summed E-state index contributed by atoms with van der Waals surface area (Å²) in [5.74, 6) is -0.704. The Morgan fingerprint density at radius 2 is 2.16 bits per heavy atom. The maximum absolute atomic E-state index is 13.6. The van der Waals surface area contributed by atoms with Crippen molar-refractivity contribution < 1.29 is 14.1 Å². The number of nitro groups is 1. The molecule has 19 heavy (non-hydrogen) atoms. The minimum absolute atomic E-state index is 0.111. The summed E-state index contributed by atoms with van der Waals surface area (Å²) in [6.45, 7) is 1.84. The molecule has 2 aromatic rings. The van der Waals surface area contributed by atoms with Crippen molar-refractivity contribution in [3.63, 3.8) is 0 Å². The van der Waals surface area contributed by atoms with Crippen LogP contribution in [-0.4, -0.2) is 9.91 Å². The molecule has 0 aliphatic rings. The van der Waals surface area contributed by atoms with E-state index in [-0.39, 0.29) is 17.3 Å². The summed E-state index contributed by atoms with van der Waals surface area (Å²) < 4.78 is 19.7. The maximum atomic E-state index is 13.6. The molecule has 0 radical (unpaired) electrons. The third-order valence-corrected chi connectivity index (χ3v) is 3.19. The Labute approximate surface area is 116 Å². The number of ether oxygens (including phenoxy) is 1. The zero-order chi connectivity index (χ0) is 14.0. The summed E-state index contributed by atoms with van der Waals surface area (Å²) in [6, 6.07) is 4.81. The number of nitrogens with zero attached hydrogens (tertiary/aromatic N) is 2. The summed E-state index contributed by atoms with van der Waals surface area (Å²) in [6.07, 6.45) is 1.54. The first-order valence-corrected chi connectivity index (χ1v) is 6.00. The number of benzene rings is 1. The highest BCUT2D eigenvalue weighted by molar-refractivity contribution is 9.10. The van der Waals surface area contributed by atoms with E-state index in [1.807, 2.05) is 6.92 Å². The number of non-ortho nitro benzene ring substituents is 1. The molecule has 0 aliphatic heterocycles. The van der Waals surface area contributed by atoms with Gasteiger partial charge in [-0.15, -0.1) is 0 Å². The molecule has 5 nitrogen and oxygen atoms in total. The van der Waals surface area contributed by atoms with Crippen LogP contribution in [0.3, 0.4) is 0 Å². The number of halogens is 2. The number of nitro benzene ring substituents is 1. The van der Waals surface area contributed by atoms with E-state index >= 15 is 0 Å². The smallest absolute Gasteiger partial charge is 0.272 e. The van der Waals surface area contributed by atoms with Gasteiger partial charge in [-0.1, -0.05) is 0 Å². The van der Waals surface area contributed by atoms with Crippen molar-refractivity contribution >= 4 is 21.6 Å². The van der Waals surface area contributed by atoms with Crippen molar-refractivity contribution in [2.75, 3.05) is 0 Å². The Morgan fingerprint density at radius 3 is 2.74 bits per heavy atom. The standard InChI is InChI=1S/C12H8BrFN2O3/c1-7-4-12(15-6-9(7)13)19-11-3-2-8(16(17)18)5-10(11)14/h2-6H,1H3. The van der Waals surface area contributed by atoms with Gasteiger partial charge < -0.3 is 4.74 Å². The molecule has 0 amide bonds. The molecule has 0 spiro atoms. The Bertz CT molecular complexity index is 649. The van der Waals surface area contributed by atoms with Gasteiger partial charge >= 0.3 is 0 Å². The van der Waals surface area contributed by atoms with E-state index in [1.54, 1.807) is 6.07 Å². The van der Waals surface area contributed by atoms with E-state index in [2.05, 4.69) is 20.9 Å². The predicted molar refractivity (Wildman–Crippen MR) is 69.8 cm³/mol. The topological polar surface area (TPSA) is 65.3 Å². The van der Waals surface area contributed by atoms with Crippen molar-refractivity contribution in [2.45, 2.75) is 6.92 Å². The van der Waals surface area contributed by atoms with E-state index in [1.165, 1.54) is 18.3 Å². The van der Waals surface area contributed by atoms with E-state index in [4.69, 9.17) is 4.74 Å². The van der Waals surface area contributed by atoms with Gasteiger partial charge in [-0.05, 0) is 34.5 Å². The predicted octanol–water partition coefficient (Wildman–Crippen LogP) is 3.99. The van der Waals surface area contributed by atoms with Crippen LogP contribution in [0.1, 0.15) is 5.56 Å². The first-order chi connectivity index (χ1) is 8.97. The van der Waals surface area contributed by atoms with Gasteiger partial charge in [0.05, 0.1) is 11.0 Å². The molecule has 0 N–H and O–H groups in total. The molecule has 1 heterocycles. The van der Waals surface area contributed by atoms with Crippen molar-refractivity contribution in [1.29, 1.82) is 0 Å². The van der Waals surface area contributed by atoms with Crippen LogP contribution in [0.25, 0.3) is 0 Å². The van der Waals surface area contributed by atoms with Crippen LogP contribution >= 0.6 is 15.9 Å². The highest BCUT2D eigenvalue weighted by atomic mass is 79.9. The second kappa shape index (κ2) is 5.31. The van der Waals surface area contributed by atoms with Crippen LogP contribution in [0.4, 0.5) is 10.1 Å². The van der Waals surface area contributed by atoms with Gasteiger partial charge in [0, 0.05) is 22.8 Å². The summed E-state index contributed by atoms with van der Waals surface area (Å²) in [4.78, 5) is 13.8. The molecule has 0 aliphatic carbocycles. The quantitative estimate of drug-likeness (QED) is 0.631. The zero-order valence-electron chi connectivity index (χ0n) is 9.76. The third-order valence-electron chi connectivity index (χ3n) is 2.36. The maximum Gasteiger partial charge on any atom is 0.272 e. The van der Waals surface area contributed by atoms with Gasteiger partial charge in [-0.3, -0.25) is 10.1 Å². The molecule has 0 saturated carbocycles. The third kappa shape index (κ3) is 3.05. The van der Waals surface area contributed by atoms with E-state index in [0.29, 0.717) is 0 Å². The molecular formula is C12H8BrFN2O3. The largest absolute Gasteiger partial charge is 0.436 e. The lowest BCUT2D eigenvalue weighted by Crippen LogP contribution is -1.94. The van der Waals surface area contributed by atoms with Crippen molar-refractivity contribution in [1.82, 2.24) is 4.98 Å². The van der Waals surface area contributed by atoms with E-state index < -0.39 is 10.7 Å². The molecule has 98 valence electrons. The Hall–Kier alpha value is -2.02. The lowest BCUT2D eigenvalue weighted by molar-refractivity contribution is -0.385. The first-order valence-electron chi connectivity index (χ1n) is 5.21. The van der Waals surface area contributed by atoms with Crippen LogP contribution < -0.4 is 4.74 Å². The van der Waals surface area contributed by atoms with Crippen LogP contribution in [0.2, 0.25) is 0 Å². The van der Waals surface area contributed by atoms with Crippen molar-refractivity contribution in [3.8, 4) is 11.6 Å². The molecule has 0 atom stereocenters. The van der Waals surface area contributed by atoms with Gasteiger partial charge in [0.15, 0.2) is 11.6 Å². The molecule has 0 saturated heterocycles. The molecule has 0 fully saturated rings. The summed E-state index contributed by atoms with van der Waals surface area (Å²) in [7, 11) is 0. The Balaban J connectivity index is 2.28. The molecule has 1 aromatic carbocycles. The molecule has 0 unspecified atom stereocenters. The number of pyridine rings is 1. The van der Waals surface area contributed by atoms with Gasteiger partial charge in [0.1, 0.15) is 0 Å². The van der Waals surface area contributed by atoms with Crippen molar-refractivity contribution in [2.24, 2.45) is 0 Å². The summed E-state index contributed by atoms with van der Waals surface area (Å²) in [5, 5.41) is 10.5. The molecule has 1 aromatic heterocycles. The lowest BCUT2D eigenvalue weighted by Gasteiger charge is -2.06. The van der Waals surface area contributed by atoms with Crippen LogP contribution in [0.5, 0.6) is 11.6 Å². The van der Waals surface area contributed by atoms with Gasteiger partial charge in [0.25, 0.3) is 5.69 Å². The van der Waals surface area contributed by atoms with E-state index in [0.717, 1.165) is 16.1 Å². The lowest BCUT2D eigenvalue weighted by atomic mass is 10.3. The minimum Gasteiger partial charge on any atom is -0.436 e. The van der Waals surface area contributed by atoms with Crippen molar-refractivity contribution in [3.05, 3.63) is 56.4 Å². The SMILES string of the molecule is Cc1cc(Oc2ccc([N+](=O)[O-])cc2F)ncc1Br. The first kappa shape index (κ1) is 13.4. The number of aryl methyl sites for hydroxylation is 1. The Kier molecular flexibility index (Phi) is 3.75. The number of aromatic nitrogens is 1. The normalized spacial score (nSPS) is 10.3. The Morgan fingerprint density at radius 1 is 1.42 bits per heavy atom. The van der Waals surface area contributed by atoms with Crippen LogP contribution in [0, 0.1) is 22.9 Å². The monoisotopic (exact) mass is 326 g/mol. The average molecular weight is 327 g/mol. The van der Waals surface area contributed by atoms with Crippen LogP contribution in [-0.2, 0) is 0 Å². The average Bonchev–Trinajstić information content (AvgIpc) is 2.36. The van der Waals surface area contributed by atoms with Gasteiger partial charge in [-0.25, -0.2) is 9.37 Å². The highest BCUT2D eigenvalue weighted by Gasteiger charge is 2.12. The van der Waals surface area contributed by atoms with Crippen LogP contribution in [0.15, 0.2) is 34.9 Å². The molecular weight excluding hydrogens is 319 g/mol.